The lowest BCUT2D eigenvalue weighted by Crippen LogP contribution is -2.18. The molecule has 4 rings (SSSR count). The summed E-state index contributed by atoms with van der Waals surface area (Å²) in [5.74, 6) is -0.752. The number of nitrogens with zero attached hydrogens (tertiary/aromatic N) is 1. The predicted molar refractivity (Wildman–Crippen MR) is 130 cm³/mol. The standard InChI is InChI=1S/C28H26N2O3/c1-18-4-11-26(19(2)14-18)28(32)33-17-21-5-7-22(8-6-21)20(3)27(31)30-25-10-9-24-16-29-13-12-23(24)15-25/h4-16,20H,17H2,1-3H3,(H,30,31). The van der Waals surface area contributed by atoms with Gasteiger partial charge < -0.3 is 10.1 Å². The van der Waals surface area contributed by atoms with Crippen LogP contribution in [0, 0.1) is 13.8 Å². The van der Waals surface area contributed by atoms with Crippen LogP contribution in [0.4, 0.5) is 5.69 Å². The summed E-state index contributed by atoms with van der Waals surface area (Å²) in [4.78, 5) is 29.3. The first-order chi connectivity index (χ1) is 15.9. The fraction of sp³-hybridized carbons (Fsp3) is 0.179. The fourth-order valence-corrected chi connectivity index (χ4v) is 3.73. The number of amides is 1. The van der Waals surface area contributed by atoms with E-state index in [4.69, 9.17) is 4.74 Å². The van der Waals surface area contributed by atoms with E-state index >= 15 is 0 Å². The minimum absolute atomic E-state index is 0.0857. The molecule has 3 aromatic carbocycles. The van der Waals surface area contributed by atoms with E-state index in [1.165, 1.54) is 0 Å². The zero-order chi connectivity index (χ0) is 23.4. The molecule has 0 aliphatic carbocycles. The number of carbonyl (C=O) groups excluding carboxylic acids is 2. The summed E-state index contributed by atoms with van der Waals surface area (Å²) in [6.07, 6.45) is 3.53. The highest BCUT2D eigenvalue weighted by molar-refractivity contribution is 5.97. The molecule has 0 aliphatic rings. The molecule has 33 heavy (non-hydrogen) atoms. The van der Waals surface area contributed by atoms with E-state index in [9.17, 15) is 9.59 Å². The topological polar surface area (TPSA) is 68.3 Å². The molecule has 1 atom stereocenters. The lowest BCUT2D eigenvalue weighted by molar-refractivity contribution is -0.117. The van der Waals surface area contributed by atoms with Crippen molar-refractivity contribution in [3.8, 4) is 0 Å². The largest absolute Gasteiger partial charge is 0.457 e. The van der Waals surface area contributed by atoms with E-state index in [1.807, 2.05) is 81.4 Å². The van der Waals surface area contributed by atoms with Gasteiger partial charge in [0.25, 0.3) is 0 Å². The predicted octanol–water partition coefficient (Wildman–Crippen LogP) is 5.95. The molecule has 0 saturated carbocycles. The Balaban J connectivity index is 1.36. The third-order valence-electron chi connectivity index (χ3n) is 5.75. The summed E-state index contributed by atoms with van der Waals surface area (Å²) in [5, 5.41) is 5.03. The molecule has 1 heterocycles. The average molecular weight is 439 g/mol. The Kier molecular flexibility index (Phi) is 6.50. The third kappa shape index (κ3) is 5.26. The number of hydrogen-bond donors (Lipinski definition) is 1. The van der Waals surface area contributed by atoms with E-state index in [2.05, 4.69) is 10.3 Å². The summed E-state index contributed by atoms with van der Waals surface area (Å²) in [5.41, 5.74) is 5.09. The van der Waals surface area contributed by atoms with E-state index in [0.717, 1.165) is 38.7 Å². The number of aryl methyl sites for hydroxylation is 2. The van der Waals surface area contributed by atoms with Crippen LogP contribution in [0.5, 0.6) is 0 Å². The number of anilines is 1. The van der Waals surface area contributed by atoms with Gasteiger partial charge in [0.1, 0.15) is 6.61 Å². The van der Waals surface area contributed by atoms with Crippen LogP contribution in [0.1, 0.15) is 45.5 Å². The van der Waals surface area contributed by atoms with Crippen LogP contribution in [0.3, 0.4) is 0 Å². The second-order valence-electron chi connectivity index (χ2n) is 8.28. The molecule has 1 amide bonds. The molecule has 4 aromatic rings. The molecule has 0 fully saturated rings. The van der Waals surface area contributed by atoms with Gasteiger partial charge >= 0.3 is 5.97 Å². The van der Waals surface area contributed by atoms with Crippen LogP contribution < -0.4 is 5.32 Å². The Bertz CT molecular complexity index is 1310. The van der Waals surface area contributed by atoms with Crippen LogP contribution in [0.2, 0.25) is 0 Å². The maximum atomic E-state index is 12.8. The van der Waals surface area contributed by atoms with Crippen molar-refractivity contribution in [3.05, 3.63) is 107 Å². The molecule has 0 bridgehead atoms. The van der Waals surface area contributed by atoms with Crippen LogP contribution >= 0.6 is 0 Å². The highest BCUT2D eigenvalue weighted by Gasteiger charge is 2.16. The fourth-order valence-electron chi connectivity index (χ4n) is 3.73. The van der Waals surface area contributed by atoms with Crippen molar-refractivity contribution < 1.29 is 14.3 Å². The summed E-state index contributed by atoms with van der Waals surface area (Å²) in [7, 11) is 0. The van der Waals surface area contributed by atoms with Gasteiger partial charge in [-0.2, -0.15) is 0 Å². The zero-order valence-electron chi connectivity index (χ0n) is 19.0. The monoisotopic (exact) mass is 438 g/mol. The zero-order valence-corrected chi connectivity index (χ0v) is 19.0. The van der Waals surface area contributed by atoms with Gasteiger partial charge in [-0.05, 0) is 67.1 Å². The molecule has 1 N–H and O–H groups in total. The number of carbonyl (C=O) groups is 2. The first kappa shape index (κ1) is 22.2. The van der Waals surface area contributed by atoms with Crippen molar-refractivity contribution >= 4 is 28.3 Å². The number of nitrogens with one attached hydrogen (secondary N) is 1. The first-order valence-corrected chi connectivity index (χ1v) is 10.9. The normalized spacial score (nSPS) is 11.7. The number of ether oxygens (including phenoxy) is 1. The molecule has 5 nitrogen and oxygen atoms in total. The van der Waals surface area contributed by atoms with Gasteiger partial charge in [0.15, 0.2) is 0 Å². The van der Waals surface area contributed by atoms with Gasteiger partial charge in [0.05, 0.1) is 11.5 Å². The van der Waals surface area contributed by atoms with Gasteiger partial charge in [-0.1, -0.05) is 48.0 Å². The van der Waals surface area contributed by atoms with Gasteiger partial charge in [0.2, 0.25) is 5.91 Å². The van der Waals surface area contributed by atoms with E-state index in [-0.39, 0.29) is 24.4 Å². The van der Waals surface area contributed by atoms with Crippen molar-refractivity contribution in [2.75, 3.05) is 5.32 Å². The van der Waals surface area contributed by atoms with Crippen LogP contribution in [0.25, 0.3) is 10.8 Å². The maximum absolute atomic E-state index is 12.8. The van der Waals surface area contributed by atoms with Crippen molar-refractivity contribution in [1.29, 1.82) is 0 Å². The first-order valence-electron chi connectivity index (χ1n) is 10.9. The molecule has 0 radical (unpaired) electrons. The number of hydrogen-bond acceptors (Lipinski definition) is 4. The lowest BCUT2D eigenvalue weighted by Gasteiger charge is -2.14. The maximum Gasteiger partial charge on any atom is 0.338 e. The van der Waals surface area contributed by atoms with E-state index < -0.39 is 0 Å². The second-order valence-corrected chi connectivity index (χ2v) is 8.28. The molecule has 0 saturated heterocycles. The summed E-state index contributed by atoms with van der Waals surface area (Å²) in [6, 6.07) is 20.9. The van der Waals surface area contributed by atoms with Crippen molar-refractivity contribution in [1.82, 2.24) is 4.98 Å². The Hall–Kier alpha value is -3.99. The number of aromatic nitrogens is 1. The Labute approximate surface area is 193 Å². The number of benzene rings is 3. The van der Waals surface area contributed by atoms with Crippen LogP contribution in [-0.4, -0.2) is 16.9 Å². The Morgan fingerprint density at radius 1 is 0.939 bits per heavy atom. The molecule has 166 valence electrons. The SMILES string of the molecule is Cc1ccc(C(=O)OCc2ccc(C(C)C(=O)Nc3ccc4cnccc4c3)cc2)c(C)c1. The Morgan fingerprint density at radius 2 is 1.73 bits per heavy atom. The minimum atomic E-state index is -0.338. The Morgan fingerprint density at radius 3 is 2.48 bits per heavy atom. The smallest absolute Gasteiger partial charge is 0.338 e. The van der Waals surface area contributed by atoms with Crippen molar-refractivity contribution in [2.24, 2.45) is 0 Å². The molecule has 5 heteroatoms. The molecule has 1 unspecified atom stereocenters. The van der Waals surface area contributed by atoms with Crippen LogP contribution in [0.15, 0.2) is 79.1 Å². The number of fused-ring (bicyclic) bond motifs is 1. The highest BCUT2D eigenvalue weighted by Crippen LogP contribution is 2.22. The summed E-state index contributed by atoms with van der Waals surface area (Å²) >= 11 is 0. The second kappa shape index (κ2) is 9.65. The van der Waals surface area contributed by atoms with Gasteiger partial charge in [0, 0.05) is 23.5 Å². The molecule has 0 aliphatic heterocycles. The summed E-state index contributed by atoms with van der Waals surface area (Å²) < 4.78 is 5.47. The number of pyridine rings is 1. The molecule has 1 aromatic heterocycles. The number of esters is 1. The highest BCUT2D eigenvalue weighted by atomic mass is 16.5. The third-order valence-corrected chi connectivity index (χ3v) is 5.75. The molecular weight excluding hydrogens is 412 g/mol. The minimum Gasteiger partial charge on any atom is -0.457 e. The molecular formula is C28H26N2O3. The van der Waals surface area contributed by atoms with E-state index in [0.29, 0.717) is 5.56 Å². The van der Waals surface area contributed by atoms with Crippen LogP contribution in [-0.2, 0) is 16.1 Å². The molecule has 0 spiro atoms. The number of rotatable bonds is 6. The van der Waals surface area contributed by atoms with Crippen molar-refractivity contribution in [3.63, 3.8) is 0 Å². The van der Waals surface area contributed by atoms with Gasteiger partial charge in [-0.25, -0.2) is 4.79 Å². The van der Waals surface area contributed by atoms with Gasteiger partial charge in [-0.3, -0.25) is 9.78 Å². The van der Waals surface area contributed by atoms with E-state index in [1.54, 1.807) is 18.5 Å². The summed E-state index contributed by atoms with van der Waals surface area (Å²) in [6.45, 7) is 5.94. The quantitative estimate of drug-likeness (QED) is 0.378. The lowest BCUT2D eigenvalue weighted by atomic mass is 9.99. The van der Waals surface area contributed by atoms with Gasteiger partial charge in [-0.15, -0.1) is 0 Å². The van der Waals surface area contributed by atoms with Crippen molar-refractivity contribution in [2.45, 2.75) is 33.3 Å². The average Bonchev–Trinajstić information content (AvgIpc) is 2.82.